The Morgan fingerprint density at radius 1 is 1.38 bits per heavy atom. The summed E-state index contributed by atoms with van der Waals surface area (Å²) in [5.74, 6) is 0. The summed E-state index contributed by atoms with van der Waals surface area (Å²) in [6.07, 6.45) is 4.13. The highest BCUT2D eigenvalue weighted by molar-refractivity contribution is 7.80. The van der Waals surface area contributed by atoms with Crippen LogP contribution in [0.2, 0.25) is 0 Å². The summed E-state index contributed by atoms with van der Waals surface area (Å²) >= 11 is 5.01. The predicted molar refractivity (Wildman–Crippen MR) is 89.7 cm³/mol. The first-order valence-electron chi connectivity index (χ1n) is 7.29. The van der Waals surface area contributed by atoms with Gasteiger partial charge in [-0.25, -0.2) is 0 Å². The number of nitrogens with zero attached hydrogens (tertiary/aromatic N) is 1. The Bertz CT molecular complexity index is 650. The molecule has 0 aliphatic carbocycles. The minimum absolute atomic E-state index is 0.291. The molecular weight excluding hydrogens is 282 g/mol. The van der Waals surface area contributed by atoms with Crippen molar-refractivity contribution in [1.82, 2.24) is 15.2 Å². The fourth-order valence-corrected chi connectivity index (χ4v) is 2.96. The zero-order valence-corrected chi connectivity index (χ0v) is 13.3. The number of ether oxygens (including phenoxy) is 1. The van der Waals surface area contributed by atoms with E-state index >= 15 is 0 Å². The Labute approximate surface area is 130 Å². The Kier molecular flexibility index (Phi) is 4.12. The second-order valence-corrected chi connectivity index (χ2v) is 6.26. The molecule has 1 atom stereocenters. The third-order valence-electron chi connectivity index (χ3n) is 3.88. The summed E-state index contributed by atoms with van der Waals surface area (Å²) < 4.78 is 5.31. The van der Waals surface area contributed by atoms with Crippen molar-refractivity contribution in [2.24, 2.45) is 0 Å². The maximum Gasteiger partial charge on any atom is 0.257 e. The van der Waals surface area contributed by atoms with Crippen LogP contribution in [0.5, 0.6) is 0 Å². The van der Waals surface area contributed by atoms with Crippen LogP contribution < -0.4 is 5.32 Å². The highest BCUT2D eigenvalue weighted by Crippen LogP contribution is 2.21. The number of aromatic nitrogens is 1. The Hall–Kier alpha value is -1.59. The highest BCUT2D eigenvalue weighted by Gasteiger charge is 2.19. The molecule has 4 nitrogen and oxygen atoms in total. The lowest BCUT2D eigenvalue weighted by atomic mass is 10.0. The van der Waals surface area contributed by atoms with Crippen LogP contribution in [0, 0.1) is 0 Å². The average Bonchev–Trinajstić information content (AvgIpc) is 3.03. The third-order valence-corrected chi connectivity index (χ3v) is 4.12. The summed E-state index contributed by atoms with van der Waals surface area (Å²) in [6.45, 7) is 1.72. The van der Waals surface area contributed by atoms with Gasteiger partial charge in [0.2, 0.25) is 0 Å². The Morgan fingerprint density at radius 3 is 2.95 bits per heavy atom. The number of thiocarbonyl (C=S) groups is 1. The van der Waals surface area contributed by atoms with Crippen LogP contribution in [0.25, 0.3) is 10.9 Å². The predicted octanol–water partition coefficient (Wildman–Crippen LogP) is 2.09. The minimum Gasteiger partial charge on any atom is -0.469 e. The highest BCUT2D eigenvalue weighted by atomic mass is 32.1. The number of hydrogen-bond donors (Lipinski definition) is 2. The molecule has 0 bridgehead atoms. The largest absolute Gasteiger partial charge is 0.469 e. The molecule has 1 fully saturated rings. The van der Waals surface area contributed by atoms with Crippen LogP contribution >= 0.6 is 12.2 Å². The van der Waals surface area contributed by atoms with E-state index in [1.807, 2.05) is 0 Å². The lowest BCUT2D eigenvalue weighted by Crippen LogP contribution is -2.28. The lowest BCUT2D eigenvalue weighted by Gasteiger charge is -2.10. The van der Waals surface area contributed by atoms with Gasteiger partial charge < -0.3 is 19.9 Å². The van der Waals surface area contributed by atoms with E-state index in [4.69, 9.17) is 17.0 Å². The molecule has 2 heterocycles. The van der Waals surface area contributed by atoms with E-state index in [1.54, 1.807) is 0 Å². The molecule has 1 aliphatic rings. The normalized spacial score (nSPS) is 18.2. The second kappa shape index (κ2) is 6.03. The number of H-pyrrole nitrogens is 1. The van der Waals surface area contributed by atoms with Crippen molar-refractivity contribution < 1.29 is 4.74 Å². The Morgan fingerprint density at radius 2 is 2.24 bits per heavy atom. The van der Waals surface area contributed by atoms with Gasteiger partial charge in [-0.2, -0.15) is 0 Å². The summed E-state index contributed by atoms with van der Waals surface area (Å²) in [6, 6.07) is 6.93. The molecule has 21 heavy (non-hydrogen) atoms. The van der Waals surface area contributed by atoms with Crippen molar-refractivity contribution in [3.63, 3.8) is 0 Å². The van der Waals surface area contributed by atoms with Crippen LogP contribution in [-0.2, 0) is 17.6 Å². The van der Waals surface area contributed by atoms with Gasteiger partial charge >= 0.3 is 0 Å². The summed E-state index contributed by atoms with van der Waals surface area (Å²) in [4.78, 5) is 5.57. The van der Waals surface area contributed by atoms with Gasteiger partial charge in [-0.3, -0.25) is 0 Å². The van der Waals surface area contributed by atoms with Crippen molar-refractivity contribution in [1.29, 1.82) is 0 Å². The molecule has 112 valence electrons. The topological polar surface area (TPSA) is 40.3 Å². The van der Waals surface area contributed by atoms with E-state index in [2.05, 4.69) is 53.7 Å². The van der Waals surface area contributed by atoms with Gasteiger partial charge in [0.05, 0.1) is 6.04 Å². The summed E-state index contributed by atoms with van der Waals surface area (Å²) in [5.41, 5.74) is 3.91. The smallest absolute Gasteiger partial charge is 0.257 e. The number of nitrogens with one attached hydrogen (secondary N) is 2. The standard InChI is InChI=1S/C16H21N3OS/c1-19(2)6-5-12-9-17-15-4-3-11(8-14(12)15)7-13-10-20-16(21)18-13/h3-4,8-9,13,17H,5-7,10H2,1-2H3,(H,18,21)/t13-/m0/s1. The van der Waals surface area contributed by atoms with E-state index < -0.39 is 0 Å². The zero-order chi connectivity index (χ0) is 14.8. The molecular formula is C16H21N3OS. The maximum atomic E-state index is 5.31. The molecule has 0 saturated carbocycles. The van der Waals surface area contributed by atoms with E-state index in [1.165, 1.54) is 22.0 Å². The maximum absolute atomic E-state index is 5.31. The van der Waals surface area contributed by atoms with Gasteiger partial charge in [0.25, 0.3) is 5.17 Å². The SMILES string of the molecule is CN(C)CCc1c[nH]c2ccc(C[C@H]3COC(=S)N3)cc12. The molecule has 0 radical (unpaired) electrons. The van der Waals surface area contributed by atoms with Crippen molar-refractivity contribution >= 4 is 28.3 Å². The molecule has 0 spiro atoms. The van der Waals surface area contributed by atoms with Gasteiger partial charge in [-0.15, -0.1) is 0 Å². The van der Waals surface area contributed by atoms with Crippen LogP contribution in [0.3, 0.4) is 0 Å². The number of fused-ring (bicyclic) bond motifs is 1. The van der Waals surface area contributed by atoms with E-state index in [0.29, 0.717) is 17.8 Å². The number of rotatable bonds is 5. The van der Waals surface area contributed by atoms with E-state index in [0.717, 1.165) is 19.4 Å². The van der Waals surface area contributed by atoms with Gasteiger partial charge in [-0.05, 0) is 62.4 Å². The van der Waals surface area contributed by atoms with Crippen molar-refractivity contribution in [2.45, 2.75) is 18.9 Å². The van der Waals surface area contributed by atoms with Gasteiger partial charge in [0, 0.05) is 23.6 Å². The molecule has 1 aliphatic heterocycles. The van der Waals surface area contributed by atoms with Crippen molar-refractivity contribution in [2.75, 3.05) is 27.2 Å². The minimum atomic E-state index is 0.291. The van der Waals surface area contributed by atoms with Crippen LogP contribution in [0.1, 0.15) is 11.1 Å². The molecule has 0 amide bonds. The first-order chi connectivity index (χ1) is 10.1. The molecule has 3 rings (SSSR count). The molecule has 2 N–H and O–H groups in total. The quantitative estimate of drug-likeness (QED) is 0.830. The number of aromatic amines is 1. The van der Waals surface area contributed by atoms with Crippen molar-refractivity contribution in [3.8, 4) is 0 Å². The van der Waals surface area contributed by atoms with E-state index in [-0.39, 0.29) is 0 Å². The zero-order valence-electron chi connectivity index (χ0n) is 12.5. The molecule has 5 heteroatoms. The molecule has 1 aromatic carbocycles. The average molecular weight is 303 g/mol. The molecule has 1 saturated heterocycles. The van der Waals surface area contributed by atoms with Gasteiger partial charge in [0.15, 0.2) is 0 Å². The summed E-state index contributed by atoms with van der Waals surface area (Å²) in [7, 11) is 4.21. The molecule has 1 aromatic heterocycles. The molecule has 0 unspecified atom stereocenters. The van der Waals surface area contributed by atoms with Gasteiger partial charge in [0.1, 0.15) is 6.61 Å². The lowest BCUT2D eigenvalue weighted by molar-refractivity contribution is 0.331. The van der Waals surface area contributed by atoms with E-state index in [9.17, 15) is 0 Å². The van der Waals surface area contributed by atoms with Crippen LogP contribution in [-0.4, -0.2) is 48.3 Å². The number of benzene rings is 1. The first-order valence-corrected chi connectivity index (χ1v) is 7.69. The van der Waals surface area contributed by atoms with Crippen molar-refractivity contribution in [3.05, 3.63) is 35.5 Å². The number of likely N-dealkylation sites (N-methyl/N-ethyl adjacent to an activating group) is 1. The first kappa shape index (κ1) is 14.4. The monoisotopic (exact) mass is 303 g/mol. The van der Waals surface area contributed by atoms with Crippen LogP contribution in [0.15, 0.2) is 24.4 Å². The molecule has 2 aromatic rings. The fraction of sp³-hybridized carbons (Fsp3) is 0.438. The fourth-order valence-electron chi connectivity index (χ4n) is 2.72. The summed E-state index contributed by atoms with van der Waals surface area (Å²) in [5, 5.41) is 5.05. The third kappa shape index (κ3) is 3.36. The van der Waals surface area contributed by atoms with Crippen LogP contribution in [0.4, 0.5) is 0 Å². The Balaban J connectivity index is 1.77. The van der Waals surface area contributed by atoms with Gasteiger partial charge in [-0.1, -0.05) is 6.07 Å². The second-order valence-electron chi connectivity index (χ2n) is 5.89. The number of hydrogen-bond acceptors (Lipinski definition) is 3.